The van der Waals surface area contributed by atoms with Gasteiger partial charge in [-0.05, 0) is 55.5 Å². The lowest BCUT2D eigenvalue weighted by atomic mass is 10.0. The molecule has 1 aliphatic rings. The molecule has 1 fully saturated rings. The SMILES string of the molecule is Cc1c(-c2cncc(S(=O)(=O)N(C)C)c2)c2cc(C3CC3)ccc2n1CC(F)=CCN.Cl.Cl. The van der Waals surface area contributed by atoms with Crippen molar-refractivity contribution < 1.29 is 12.8 Å². The van der Waals surface area contributed by atoms with Gasteiger partial charge in [-0.2, -0.15) is 0 Å². The fourth-order valence-electron chi connectivity index (χ4n) is 3.99. The van der Waals surface area contributed by atoms with Gasteiger partial charge in [-0.25, -0.2) is 17.1 Å². The van der Waals surface area contributed by atoms with Crippen molar-refractivity contribution in [3.05, 3.63) is 59.8 Å². The smallest absolute Gasteiger partial charge is 0.244 e. The van der Waals surface area contributed by atoms with Crippen LogP contribution >= 0.6 is 24.8 Å². The van der Waals surface area contributed by atoms with Crippen LogP contribution in [-0.4, -0.2) is 42.9 Å². The molecule has 0 bridgehead atoms. The van der Waals surface area contributed by atoms with Gasteiger partial charge < -0.3 is 10.3 Å². The van der Waals surface area contributed by atoms with Crippen LogP contribution in [0.3, 0.4) is 0 Å². The van der Waals surface area contributed by atoms with Crippen LogP contribution in [0.2, 0.25) is 0 Å². The maximum absolute atomic E-state index is 14.4. The lowest BCUT2D eigenvalue weighted by Gasteiger charge is -2.12. The Hall–Kier alpha value is -1.97. The Morgan fingerprint density at radius 1 is 1.24 bits per heavy atom. The van der Waals surface area contributed by atoms with Gasteiger partial charge in [0.1, 0.15) is 10.7 Å². The number of nitrogens with two attached hydrogens (primary N) is 1. The predicted molar refractivity (Wildman–Crippen MR) is 135 cm³/mol. The second-order valence-electron chi connectivity index (χ2n) is 8.18. The van der Waals surface area contributed by atoms with Gasteiger partial charge in [0.15, 0.2) is 0 Å². The Balaban J connectivity index is 0.00000193. The van der Waals surface area contributed by atoms with E-state index in [1.54, 1.807) is 12.3 Å². The average Bonchev–Trinajstić information content (AvgIpc) is 3.54. The summed E-state index contributed by atoms with van der Waals surface area (Å²) in [6, 6.07) is 7.94. The van der Waals surface area contributed by atoms with Gasteiger partial charge in [0.05, 0.1) is 6.54 Å². The van der Waals surface area contributed by atoms with Crippen LogP contribution < -0.4 is 5.73 Å². The molecule has 1 saturated carbocycles. The third-order valence-electron chi connectivity index (χ3n) is 5.83. The number of aromatic nitrogens is 2. The standard InChI is InChI=1S/C23H27FN4O2S.2ClH/c1-15-23(18-10-20(13-26-12-18)31(29,30)27(2)3)21-11-17(16-4-5-16)6-7-22(21)28(15)14-19(24)8-9-25;;/h6-8,10-13,16H,4-5,9,14,25H2,1-3H3;2*1H. The minimum absolute atomic E-state index is 0. The molecule has 0 spiro atoms. The van der Waals surface area contributed by atoms with E-state index >= 15 is 0 Å². The maximum atomic E-state index is 14.4. The molecule has 3 aromatic rings. The van der Waals surface area contributed by atoms with Crippen molar-refractivity contribution in [2.75, 3.05) is 20.6 Å². The Morgan fingerprint density at radius 3 is 2.55 bits per heavy atom. The monoisotopic (exact) mass is 514 g/mol. The fourth-order valence-corrected chi connectivity index (χ4v) is 4.88. The highest BCUT2D eigenvalue weighted by Crippen LogP contribution is 2.43. The highest BCUT2D eigenvalue weighted by molar-refractivity contribution is 7.89. The number of allylic oxidation sites excluding steroid dienone is 1. The highest BCUT2D eigenvalue weighted by atomic mass is 35.5. The zero-order valence-corrected chi connectivity index (χ0v) is 21.2. The predicted octanol–water partition coefficient (Wildman–Crippen LogP) is 4.80. The van der Waals surface area contributed by atoms with E-state index in [0.29, 0.717) is 11.5 Å². The Bertz CT molecular complexity index is 1290. The number of fused-ring (bicyclic) bond motifs is 1. The van der Waals surface area contributed by atoms with Crippen molar-refractivity contribution in [2.45, 2.75) is 37.1 Å². The molecule has 1 aromatic carbocycles. The maximum Gasteiger partial charge on any atom is 0.244 e. The summed E-state index contributed by atoms with van der Waals surface area (Å²) in [6.45, 7) is 2.14. The van der Waals surface area contributed by atoms with E-state index in [0.717, 1.165) is 22.2 Å². The molecule has 0 aliphatic heterocycles. The van der Waals surface area contributed by atoms with Crippen LogP contribution in [0.5, 0.6) is 0 Å². The fraction of sp³-hybridized carbons (Fsp3) is 0.348. The molecule has 0 atom stereocenters. The minimum atomic E-state index is -3.62. The number of sulfonamides is 1. The van der Waals surface area contributed by atoms with Gasteiger partial charge in [0.25, 0.3) is 0 Å². The minimum Gasteiger partial charge on any atom is -0.337 e. The first-order valence-corrected chi connectivity index (χ1v) is 11.7. The molecule has 2 N–H and O–H groups in total. The van der Waals surface area contributed by atoms with Crippen molar-refractivity contribution in [1.29, 1.82) is 0 Å². The van der Waals surface area contributed by atoms with Gasteiger partial charge >= 0.3 is 0 Å². The number of hydrogen-bond acceptors (Lipinski definition) is 4. The molecule has 2 heterocycles. The molecule has 1 aliphatic carbocycles. The summed E-state index contributed by atoms with van der Waals surface area (Å²) >= 11 is 0. The molecule has 4 rings (SSSR count). The van der Waals surface area contributed by atoms with Gasteiger partial charge in [0, 0.05) is 60.8 Å². The first-order chi connectivity index (χ1) is 14.7. The summed E-state index contributed by atoms with van der Waals surface area (Å²) in [4.78, 5) is 4.34. The lowest BCUT2D eigenvalue weighted by molar-refractivity contribution is 0.520. The van der Waals surface area contributed by atoms with E-state index in [4.69, 9.17) is 5.73 Å². The summed E-state index contributed by atoms with van der Waals surface area (Å²) in [5.74, 6) is 0.260. The third-order valence-corrected chi connectivity index (χ3v) is 7.61. The summed E-state index contributed by atoms with van der Waals surface area (Å²) < 4.78 is 42.8. The third kappa shape index (κ3) is 5.25. The molecule has 180 valence electrons. The molecule has 0 amide bonds. The Labute approximate surface area is 206 Å². The number of nitrogens with zero attached hydrogens (tertiary/aromatic N) is 3. The first-order valence-electron chi connectivity index (χ1n) is 10.3. The average molecular weight is 515 g/mol. The van der Waals surface area contributed by atoms with Gasteiger partial charge in [-0.15, -0.1) is 24.8 Å². The summed E-state index contributed by atoms with van der Waals surface area (Å²) in [5, 5.41) is 0.976. The van der Waals surface area contributed by atoms with E-state index in [-0.39, 0.29) is 48.6 Å². The number of hydrogen-bond donors (Lipinski definition) is 1. The summed E-state index contributed by atoms with van der Waals surface area (Å²) in [6.07, 6.45) is 6.73. The van der Waals surface area contributed by atoms with Gasteiger partial charge in [-0.3, -0.25) is 4.98 Å². The largest absolute Gasteiger partial charge is 0.337 e. The molecule has 33 heavy (non-hydrogen) atoms. The van der Waals surface area contributed by atoms with Crippen molar-refractivity contribution in [3.8, 4) is 11.1 Å². The summed E-state index contributed by atoms with van der Waals surface area (Å²) in [7, 11) is -0.636. The molecular weight excluding hydrogens is 486 g/mol. The van der Waals surface area contributed by atoms with Crippen molar-refractivity contribution in [2.24, 2.45) is 5.73 Å². The van der Waals surface area contributed by atoms with Crippen LogP contribution in [0.1, 0.15) is 30.0 Å². The highest BCUT2D eigenvalue weighted by Gasteiger charge is 2.26. The van der Waals surface area contributed by atoms with Crippen LogP contribution in [0, 0.1) is 6.92 Å². The zero-order chi connectivity index (χ0) is 22.3. The van der Waals surface area contributed by atoms with Crippen LogP contribution in [0.15, 0.2) is 53.5 Å². The van der Waals surface area contributed by atoms with Crippen molar-refractivity contribution in [1.82, 2.24) is 13.9 Å². The van der Waals surface area contributed by atoms with Gasteiger partial charge in [0.2, 0.25) is 10.0 Å². The number of halogens is 3. The molecule has 10 heteroatoms. The van der Waals surface area contributed by atoms with Crippen molar-refractivity contribution >= 4 is 45.7 Å². The first kappa shape index (κ1) is 27.3. The van der Waals surface area contributed by atoms with Crippen LogP contribution in [0.25, 0.3) is 22.0 Å². The van der Waals surface area contributed by atoms with Crippen molar-refractivity contribution in [3.63, 3.8) is 0 Å². The zero-order valence-electron chi connectivity index (χ0n) is 18.8. The number of rotatable bonds is 7. The molecular formula is C23H29Cl2FN4O2S. The molecule has 0 unspecified atom stereocenters. The Morgan fingerprint density at radius 2 is 1.94 bits per heavy atom. The number of pyridine rings is 1. The van der Waals surface area contributed by atoms with E-state index < -0.39 is 10.0 Å². The van der Waals surface area contributed by atoms with Gasteiger partial charge in [-0.1, -0.05) is 6.07 Å². The molecule has 0 saturated heterocycles. The topological polar surface area (TPSA) is 81.2 Å². The van der Waals surface area contributed by atoms with E-state index in [2.05, 4.69) is 17.1 Å². The lowest BCUT2D eigenvalue weighted by Crippen LogP contribution is -2.22. The van der Waals surface area contributed by atoms with E-state index in [1.165, 1.54) is 49.1 Å². The molecule has 6 nitrogen and oxygen atoms in total. The second-order valence-corrected chi connectivity index (χ2v) is 10.3. The number of benzene rings is 1. The van der Waals surface area contributed by atoms with E-state index in [9.17, 15) is 12.8 Å². The van der Waals surface area contributed by atoms with Crippen LogP contribution in [-0.2, 0) is 16.6 Å². The normalized spacial score (nSPS) is 14.3. The quantitative estimate of drug-likeness (QED) is 0.491. The molecule has 2 aromatic heterocycles. The second kappa shape index (κ2) is 10.5. The molecule has 0 radical (unpaired) electrons. The van der Waals surface area contributed by atoms with E-state index in [1.807, 2.05) is 17.6 Å². The Kier molecular flexibility index (Phi) is 8.70. The van der Waals surface area contributed by atoms with Crippen LogP contribution in [0.4, 0.5) is 4.39 Å². The summed E-state index contributed by atoms with van der Waals surface area (Å²) in [5.41, 5.74) is 10.1.